The maximum absolute atomic E-state index is 3.42. The van der Waals surface area contributed by atoms with Gasteiger partial charge >= 0.3 is 0 Å². The van der Waals surface area contributed by atoms with Gasteiger partial charge in [-0.2, -0.15) is 0 Å². The van der Waals surface area contributed by atoms with E-state index in [1.807, 2.05) is 0 Å². The normalized spacial score (nSPS) is 23.4. The summed E-state index contributed by atoms with van der Waals surface area (Å²) in [4.78, 5) is 0. The summed E-state index contributed by atoms with van der Waals surface area (Å²) in [5.74, 6) is 1.05. The van der Waals surface area contributed by atoms with Crippen molar-refractivity contribution in [1.82, 2.24) is 0 Å². The van der Waals surface area contributed by atoms with Gasteiger partial charge in [0.2, 0.25) is 0 Å². The maximum Gasteiger partial charge on any atom is 0.0225 e. The van der Waals surface area contributed by atoms with Crippen molar-refractivity contribution >= 4 is 10.2 Å². The first kappa shape index (κ1) is 3.41. The summed E-state index contributed by atoms with van der Waals surface area (Å²) in [7, 11) is 3.42. The van der Waals surface area contributed by atoms with Crippen LogP contribution in [0.15, 0.2) is 0 Å². The smallest absolute Gasteiger partial charge is 0.0225 e. The first-order valence-electron chi connectivity index (χ1n) is 2.08. The lowest BCUT2D eigenvalue weighted by Gasteiger charge is -1.72. The fraction of sp³-hybridized carbons (Fsp3) is 1.00. The highest BCUT2D eigenvalue weighted by molar-refractivity contribution is 6.08. The Kier molecular flexibility index (Phi) is 0.770. The Hall–Kier alpha value is 0.217. The second kappa shape index (κ2) is 1.13. The predicted octanol–water partition coefficient (Wildman–Crippen LogP) is 0.983. The molecule has 1 saturated carbocycles. The molecule has 0 N–H and O–H groups in total. The zero-order chi connectivity index (χ0) is 3.70. The molecule has 0 aromatic carbocycles. The number of rotatable bonds is 1. The molecule has 1 aliphatic carbocycles. The topological polar surface area (TPSA) is 0 Å². The average Bonchev–Trinajstić information content (AvgIpc) is 2.12. The van der Waals surface area contributed by atoms with Gasteiger partial charge in [-0.1, -0.05) is 18.9 Å². The van der Waals surface area contributed by atoms with E-state index in [9.17, 15) is 0 Å². The molecule has 1 rings (SSSR count). The summed E-state index contributed by atoms with van der Waals surface area (Å²) in [5.41, 5.74) is 0. The van der Waals surface area contributed by atoms with Gasteiger partial charge in [0.25, 0.3) is 0 Å². The van der Waals surface area contributed by atoms with Crippen LogP contribution in [0.5, 0.6) is 0 Å². The Morgan fingerprint density at radius 3 is 2.20 bits per heavy atom. The quantitative estimate of drug-likeness (QED) is 0.415. The third-order valence-corrected chi connectivity index (χ3v) is 1.56. The van der Waals surface area contributed by atoms with Crippen LogP contribution in [0.2, 0.25) is 6.04 Å². The molecule has 0 nitrogen and oxygen atoms in total. The van der Waals surface area contributed by atoms with Gasteiger partial charge in [-0.25, -0.2) is 0 Å². The summed E-state index contributed by atoms with van der Waals surface area (Å²) in [6, 6.07) is 1.22. The highest BCUT2D eigenvalue weighted by Crippen LogP contribution is 2.31. The van der Waals surface area contributed by atoms with Crippen LogP contribution in [0.25, 0.3) is 0 Å². The number of hydrogen-bond donors (Lipinski definition) is 0. The van der Waals surface area contributed by atoms with Crippen molar-refractivity contribution in [3.63, 3.8) is 0 Å². The molecular formula is C4H7Si. The van der Waals surface area contributed by atoms with E-state index in [-0.39, 0.29) is 0 Å². The molecule has 0 aromatic heterocycles. The van der Waals surface area contributed by atoms with Crippen LogP contribution in [0.1, 0.15) is 12.8 Å². The van der Waals surface area contributed by atoms with Crippen molar-refractivity contribution in [3.05, 3.63) is 0 Å². The van der Waals surface area contributed by atoms with Crippen LogP contribution in [0, 0.1) is 5.92 Å². The van der Waals surface area contributed by atoms with E-state index in [1.165, 1.54) is 18.9 Å². The van der Waals surface area contributed by atoms with Crippen molar-refractivity contribution < 1.29 is 0 Å². The van der Waals surface area contributed by atoms with Crippen molar-refractivity contribution in [3.8, 4) is 0 Å². The molecule has 0 heterocycles. The summed E-state index contributed by atoms with van der Waals surface area (Å²) in [5, 5.41) is 0. The highest BCUT2D eigenvalue weighted by Gasteiger charge is 2.17. The van der Waals surface area contributed by atoms with E-state index in [4.69, 9.17) is 0 Å². The molecule has 1 heteroatoms. The highest BCUT2D eigenvalue weighted by atomic mass is 28.1. The van der Waals surface area contributed by atoms with E-state index in [0.29, 0.717) is 0 Å². The second-order valence-electron chi connectivity index (χ2n) is 1.65. The van der Waals surface area contributed by atoms with Crippen molar-refractivity contribution in [1.29, 1.82) is 0 Å². The SMILES string of the molecule is [Si]CC1CC1. The molecule has 0 unspecified atom stereocenters. The van der Waals surface area contributed by atoms with Gasteiger partial charge < -0.3 is 0 Å². The van der Waals surface area contributed by atoms with Crippen molar-refractivity contribution in [2.24, 2.45) is 5.92 Å². The Balaban J connectivity index is 2.00. The lowest BCUT2D eigenvalue weighted by atomic mass is 10.5. The monoisotopic (exact) mass is 83.0 g/mol. The van der Waals surface area contributed by atoms with Crippen molar-refractivity contribution in [2.45, 2.75) is 18.9 Å². The molecule has 1 aliphatic rings. The van der Waals surface area contributed by atoms with E-state index >= 15 is 0 Å². The summed E-state index contributed by atoms with van der Waals surface area (Å²) in [6.45, 7) is 0. The molecule has 0 atom stereocenters. The zero-order valence-electron chi connectivity index (χ0n) is 3.20. The average molecular weight is 83.2 g/mol. The molecule has 0 spiro atoms. The summed E-state index contributed by atoms with van der Waals surface area (Å²) < 4.78 is 0. The third-order valence-electron chi connectivity index (χ3n) is 0.986. The lowest BCUT2D eigenvalue weighted by molar-refractivity contribution is 0.978. The zero-order valence-corrected chi connectivity index (χ0v) is 4.20. The van der Waals surface area contributed by atoms with E-state index < -0.39 is 0 Å². The Morgan fingerprint density at radius 1 is 1.60 bits per heavy atom. The fourth-order valence-electron chi connectivity index (χ4n) is 0.322. The van der Waals surface area contributed by atoms with E-state index in [0.717, 1.165) is 5.92 Å². The lowest BCUT2D eigenvalue weighted by Crippen LogP contribution is -1.65. The predicted molar refractivity (Wildman–Crippen MR) is 23.3 cm³/mol. The molecule has 0 bridgehead atoms. The first-order chi connectivity index (χ1) is 2.43. The van der Waals surface area contributed by atoms with Crippen LogP contribution < -0.4 is 0 Å². The van der Waals surface area contributed by atoms with Crippen LogP contribution in [0.3, 0.4) is 0 Å². The molecule has 5 heavy (non-hydrogen) atoms. The summed E-state index contributed by atoms with van der Waals surface area (Å²) in [6.07, 6.45) is 2.92. The molecule has 1 fully saturated rings. The van der Waals surface area contributed by atoms with Gasteiger partial charge in [0.1, 0.15) is 0 Å². The minimum Gasteiger partial charge on any atom is -0.0609 e. The molecular weight excluding hydrogens is 76.1 g/mol. The Morgan fingerprint density at radius 2 is 2.20 bits per heavy atom. The van der Waals surface area contributed by atoms with Crippen LogP contribution in [-0.4, -0.2) is 10.2 Å². The van der Waals surface area contributed by atoms with Gasteiger partial charge in [0.15, 0.2) is 0 Å². The van der Waals surface area contributed by atoms with E-state index in [2.05, 4.69) is 10.2 Å². The molecule has 27 valence electrons. The van der Waals surface area contributed by atoms with Crippen molar-refractivity contribution in [2.75, 3.05) is 0 Å². The van der Waals surface area contributed by atoms with Crippen LogP contribution >= 0.6 is 0 Å². The largest absolute Gasteiger partial charge is 0.0609 e. The Bertz CT molecular complexity index is 30.6. The summed E-state index contributed by atoms with van der Waals surface area (Å²) >= 11 is 0. The minimum atomic E-state index is 1.05. The second-order valence-corrected chi connectivity index (χ2v) is 2.06. The van der Waals surface area contributed by atoms with Gasteiger partial charge in [-0.15, -0.1) is 0 Å². The Labute approximate surface area is 36.0 Å². The first-order valence-corrected chi connectivity index (χ1v) is 2.79. The molecule has 0 aromatic rings. The van der Waals surface area contributed by atoms with Crippen LogP contribution in [-0.2, 0) is 0 Å². The minimum absolute atomic E-state index is 1.05. The fourth-order valence-corrected chi connectivity index (χ4v) is 0.730. The van der Waals surface area contributed by atoms with Gasteiger partial charge in [0, 0.05) is 10.2 Å². The molecule has 0 amide bonds. The third kappa shape index (κ3) is 0.761. The van der Waals surface area contributed by atoms with Gasteiger partial charge in [-0.3, -0.25) is 0 Å². The molecule has 0 saturated heterocycles. The molecule has 3 radical (unpaired) electrons. The molecule has 0 aliphatic heterocycles. The number of hydrogen-bond acceptors (Lipinski definition) is 0. The van der Waals surface area contributed by atoms with E-state index in [1.54, 1.807) is 0 Å². The standard InChI is InChI=1S/C4H7Si/c5-3-4-1-2-4/h4H,1-3H2. The maximum atomic E-state index is 3.42. The van der Waals surface area contributed by atoms with Crippen LogP contribution in [0.4, 0.5) is 0 Å². The van der Waals surface area contributed by atoms with Gasteiger partial charge in [-0.05, 0) is 5.92 Å². The van der Waals surface area contributed by atoms with Gasteiger partial charge in [0.05, 0.1) is 0 Å².